The van der Waals surface area contributed by atoms with Crippen LogP contribution in [0.3, 0.4) is 0 Å². The molecule has 0 radical (unpaired) electrons. The third-order valence-electron chi connectivity index (χ3n) is 5.92. The summed E-state index contributed by atoms with van der Waals surface area (Å²) in [5.74, 6) is 1.20. The molecule has 186 valence electrons. The van der Waals surface area contributed by atoms with E-state index in [1.807, 2.05) is 56.9 Å². The van der Waals surface area contributed by atoms with Gasteiger partial charge in [0, 0.05) is 23.5 Å². The number of fused-ring (bicyclic) bond motifs is 1. The molecule has 1 aromatic heterocycles. The first kappa shape index (κ1) is 26.1. The maximum absolute atomic E-state index is 13.6. The second kappa shape index (κ2) is 11.3. The van der Waals surface area contributed by atoms with Gasteiger partial charge < -0.3 is 19.9 Å². The number of amides is 3. The number of hydrogen-bond acceptors (Lipinski definition) is 4. The molecule has 0 bridgehead atoms. The zero-order chi connectivity index (χ0) is 24.9. The zero-order valence-electron chi connectivity index (χ0n) is 21.4. The Balaban J connectivity index is 1.75. The Morgan fingerprint density at radius 3 is 2.56 bits per heavy atom. The Hall–Kier alpha value is -2.54. The predicted molar refractivity (Wildman–Crippen MR) is 138 cm³/mol. The van der Waals surface area contributed by atoms with E-state index in [0.717, 1.165) is 24.2 Å². The van der Waals surface area contributed by atoms with Crippen molar-refractivity contribution >= 4 is 23.3 Å². The van der Waals surface area contributed by atoms with E-state index in [1.54, 1.807) is 16.2 Å². The Bertz CT molecular complexity index is 962. The van der Waals surface area contributed by atoms with Gasteiger partial charge in [0.15, 0.2) is 0 Å². The van der Waals surface area contributed by atoms with Crippen molar-refractivity contribution in [3.63, 3.8) is 0 Å². The number of nitrogens with one attached hydrogen (secondary N) is 1. The standard InChI is InChI=1S/C27H39N3O3S/c1-19(2)11-14-29(26(32)28-27(4,5)6)17-25(31)30-15-12-24-22(13-16-34-24)23(30)18-33-21-9-7-20(3)8-10-21/h7-10,13,16,19,23H,11-12,14-15,17-18H2,1-6H3,(H,28,32)/t23-/m0/s1. The fourth-order valence-electron chi connectivity index (χ4n) is 4.00. The largest absolute Gasteiger partial charge is 0.491 e. The highest BCUT2D eigenvalue weighted by molar-refractivity contribution is 7.10. The fraction of sp³-hybridized carbons (Fsp3) is 0.556. The summed E-state index contributed by atoms with van der Waals surface area (Å²) < 4.78 is 6.12. The highest BCUT2D eigenvalue weighted by Gasteiger charge is 2.34. The van der Waals surface area contributed by atoms with Crippen molar-refractivity contribution in [1.29, 1.82) is 0 Å². The van der Waals surface area contributed by atoms with Crippen LogP contribution in [0.4, 0.5) is 4.79 Å². The Kier molecular flexibility index (Phi) is 8.63. The molecule has 7 heteroatoms. The molecule has 0 saturated carbocycles. The molecule has 0 aliphatic carbocycles. The number of carbonyl (C=O) groups is 2. The van der Waals surface area contributed by atoms with Crippen molar-refractivity contribution in [2.45, 2.75) is 66.0 Å². The first-order chi connectivity index (χ1) is 16.0. The summed E-state index contributed by atoms with van der Waals surface area (Å²) in [5, 5.41) is 5.10. The maximum atomic E-state index is 13.6. The van der Waals surface area contributed by atoms with Crippen LogP contribution in [0.2, 0.25) is 0 Å². The number of carbonyl (C=O) groups excluding carboxylic acids is 2. The summed E-state index contributed by atoms with van der Waals surface area (Å²) >= 11 is 1.73. The SMILES string of the molecule is Cc1ccc(OC[C@H]2c3ccsc3CCN2C(=O)CN(CCC(C)C)C(=O)NC(C)(C)C)cc1. The van der Waals surface area contributed by atoms with E-state index in [9.17, 15) is 9.59 Å². The first-order valence-electron chi connectivity index (χ1n) is 12.2. The molecule has 1 aliphatic heterocycles. The maximum Gasteiger partial charge on any atom is 0.318 e. The van der Waals surface area contributed by atoms with Gasteiger partial charge in [-0.2, -0.15) is 0 Å². The average molecular weight is 486 g/mol. The number of benzene rings is 1. The molecule has 2 aromatic rings. The lowest BCUT2D eigenvalue weighted by atomic mass is 10.0. The highest BCUT2D eigenvalue weighted by Crippen LogP contribution is 2.34. The molecule has 2 heterocycles. The van der Waals surface area contributed by atoms with Gasteiger partial charge in [-0.3, -0.25) is 4.79 Å². The van der Waals surface area contributed by atoms with Crippen LogP contribution < -0.4 is 10.1 Å². The molecular formula is C27H39N3O3S. The van der Waals surface area contributed by atoms with E-state index in [2.05, 4.69) is 30.6 Å². The van der Waals surface area contributed by atoms with Crippen LogP contribution in [-0.2, 0) is 11.2 Å². The van der Waals surface area contributed by atoms with Crippen molar-refractivity contribution < 1.29 is 14.3 Å². The zero-order valence-corrected chi connectivity index (χ0v) is 22.2. The summed E-state index contributed by atoms with van der Waals surface area (Å²) in [6.45, 7) is 13.8. The number of rotatable bonds is 8. The second-order valence-electron chi connectivity index (χ2n) is 10.6. The van der Waals surface area contributed by atoms with Crippen LogP contribution in [0.1, 0.15) is 63.1 Å². The minimum absolute atomic E-state index is 0.0397. The number of urea groups is 1. The molecule has 1 atom stereocenters. The summed E-state index contributed by atoms with van der Waals surface area (Å²) in [4.78, 5) is 31.4. The monoisotopic (exact) mass is 485 g/mol. The summed E-state index contributed by atoms with van der Waals surface area (Å²) in [6, 6.07) is 9.71. The van der Waals surface area contributed by atoms with E-state index in [1.165, 1.54) is 10.4 Å². The van der Waals surface area contributed by atoms with Crippen LogP contribution in [0, 0.1) is 12.8 Å². The second-order valence-corrected chi connectivity index (χ2v) is 11.6. The van der Waals surface area contributed by atoms with Crippen LogP contribution >= 0.6 is 11.3 Å². The molecular weight excluding hydrogens is 446 g/mol. The van der Waals surface area contributed by atoms with Crippen molar-refractivity contribution in [3.8, 4) is 5.75 Å². The summed E-state index contributed by atoms with van der Waals surface area (Å²) in [7, 11) is 0. The highest BCUT2D eigenvalue weighted by atomic mass is 32.1. The van der Waals surface area contributed by atoms with Gasteiger partial charge in [0.05, 0.1) is 6.04 Å². The van der Waals surface area contributed by atoms with Gasteiger partial charge in [-0.15, -0.1) is 11.3 Å². The molecule has 0 spiro atoms. The van der Waals surface area contributed by atoms with Gasteiger partial charge in [0.1, 0.15) is 18.9 Å². The lowest BCUT2D eigenvalue weighted by Gasteiger charge is -2.37. The molecule has 0 unspecified atom stereocenters. The van der Waals surface area contributed by atoms with Crippen molar-refractivity contribution in [2.75, 3.05) is 26.2 Å². The molecule has 1 aliphatic rings. The van der Waals surface area contributed by atoms with Gasteiger partial charge in [-0.1, -0.05) is 31.5 Å². The third kappa shape index (κ3) is 7.23. The number of nitrogens with zero attached hydrogens (tertiary/aromatic N) is 2. The first-order valence-corrected chi connectivity index (χ1v) is 13.0. The number of hydrogen-bond donors (Lipinski definition) is 1. The lowest BCUT2D eigenvalue weighted by Crippen LogP contribution is -2.53. The molecule has 34 heavy (non-hydrogen) atoms. The van der Waals surface area contributed by atoms with Crippen LogP contribution in [-0.4, -0.2) is 53.5 Å². The molecule has 1 aromatic carbocycles. The van der Waals surface area contributed by atoms with Crippen LogP contribution in [0.15, 0.2) is 35.7 Å². The Morgan fingerprint density at radius 2 is 1.91 bits per heavy atom. The molecule has 0 saturated heterocycles. The van der Waals surface area contributed by atoms with Gasteiger partial charge in [0.2, 0.25) is 5.91 Å². The Morgan fingerprint density at radius 1 is 1.21 bits per heavy atom. The smallest absolute Gasteiger partial charge is 0.318 e. The fourth-order valence-corrected chi connectivity index (χ4v) is 4.93. The van der Waals surface area contributed by atoms with E-state index >= 15 is 0 Å². The molecule has 6 nitrogen and oxygen atoms in total. The predicted octanol–water partition coefficient (Wildman–Crippen LogP) is 5.42. The van der Waals surface area contributed by atoms with Crippen LogP contribution in [0.5, 0.6) is 5.75 Å². The quantitative estimate of drug-likeness (QED) is 0.543. The van der Waals surface area contributed by atoms with E-state index in [-0.39, 0.29) is 30.1 Å². The Labute approximate surface area is 208 Å². The number of ether oxygens (including phenoxy) is 1. The van der Waals surface area contributed by atoms with Gasteiger partial charge in [-0.05, 0) is 75.6 Å². The summed E-state index contributed by atoms with van der Waals surface area (Å²) in [6.07, 6.45) is 1.68. The summed E-state index contributed by atoms with van der Waals surface area (Å²) in [5.41, 5.74) is 1.97. The van der Waals surface area contributed by atoms with E-state index < -0.39 is 0 Å². The minimum Gasteiger partial charge on any atom is -0.491 e. The molecule has 3 amide bonds. The van der Waals surface area contributed by atoms with Crippen molar-refractivity contribution in [2.24, 2.45) is 5.92 Å². The average Bonchev–Trinajstić information content (AvgIpc) is 3.23. The lowest BCUT2D eigenvalue weighted by molar-refractivity contribution is -0.135. The molecule has 1 N–H and O–H groups in total. The topological polar surface area (TPSA) is 61.9 Å². The normalized spacial score (nSPS) is 15.7. The van der Waals surface area contributed by atoms with Crippen molar-refractivity contribution in [1.82, 2.24) is 15.1 Å². The number of aryl methyl sites for hydroxylation is 1. The third-order valence-corrected chi connectivity index (χ3v) is 6.91. The van der Waals surface area contributed by atoms with Crippen LogP contribution in [0.25, 0.3) is 0 Å². The van der Waals surface area contributed by atoms with Gasteiger partial charge in [0.25, 0.3) is 0 Å². The van der Waals surface area contributed by atoms with Crippen molar-refractivity contribution in [3.05, 3.63) is 51.7 Å². The molecule has 3 rings (SSSR count). The van der Waals surface area contributed by atoms with E-state index in [4.69, 9.17) is 4.74 Å². The van der Waals surface area contributed by atoms with Gasteiger partial charge >= 0.3 is 6.03 Å². The minimum atomic E-state index is -0.364. The van der Waals surface area contributed by atoms with Gasteiger partial charge in [-0.25, -0.2) is 4.79 Å². The molecule has 0 fully saturated rings. The number of thiophene rings is 1. The van der Waals surface area contributed by atoms with E-state index in [0.29, 0.717) is 25.6 Å².